The lowest BCUT2D eigenvalue weighted by molar-refractivity contribution is 1.24. The Balaban J connectivity index is 4.81. The Morgan fingerprint density at radius 1 is 1.18 bits per heavy atom. The highest BCUT2D eigenvalue weighted by Gasteiger charge is 1.96. The fourth-order valence-electron chi connectivity index (χ4n) is 0.847. The van der Waals surface area contributed by atoms with Crippen molar-refractivity contribution >= 4 is 0 Å². The van der Waals surface area contributed by atoms with Crippen LogP contribution in [0.2, 0.25) is 0 Å². The number of allylic oxidation sites excluding steroid dienone is 3. The molecule has 0 aromatic carbocycles. The maximum atomic E-state index is 5.59. The third-order valence-corrected chi connectivity index (χ3v) is 1.32. The maximum absolute atomic E-state index is 5.59. The average Bonchev–Trinajstić information content (AvgIpc) is 1.81. The van der Waals surface area contributed by atoms with Crippen LogP contribution in [0.4, 0.5) is 0 Å². The van der Waals surface area contributed by atoms with E-state index in [1.54, 1.807) is 0 Å². The molecule has 0 aliphatic carbocycles. The van der Waals surface area contributed by atoms with Crippen molar-refractivity contribution in [1.29, 1.82) is 0 Å². The highest BCUT2D eigenvalue weighted by atomic mass is 14.6. The van der Waals surface area contributed by atoms with Crippen molar-refractivity contribution < 1.29 is 0 Å². The minimum atomic E-state index is 0.645. The zero-order valence-electron chi connectivity index (χ0n) is 7.86. The molecule has 0 atom stereocenters. The van der Waals surface area contributed by atoms with Gasteiger partial charge in [0.15, 0.2) is 0 Å². The predicted octanol–water partition coefficient (Wildman–Crippen LogP) is 2.76. The first-order chi connectivity index (χ1) is 4.95. The topological polar surface area (TPSA) is 26.0 Å². The SMILES string of the molecule is C=C(N)C(C=C(C)C)=C(C)C. The fraction of sp³-hybridized carbons (Fsp3) is 0.400. The summed E-state index contributed by atoms with van der Waals surface area (Å²) in [6.45, 7) is 11.9. The van der Waals surface area contributed by atoms with Gasteiger partial charge in [0.05, 0.1) is 0 Å². The number of rotatable bonds is 2. The van der Waals surface area contributed by atoms with Crippen molar-refractivity contribution in [1.82, 2.24) is 0 Å². The summed E-state index contributed by atoms with van der Waals surface area (Å²) in [5.74, 6) is 0. The van der Waals surface area contributed by atoms with Crippen molar-refractivity contribution in [2.45, 2.75) is 27.7 Å². The molecule has 1 heteroatoms. The highest BCUT2D eigenvalue weighted by Crippen LogP contribution is 2.12. The molecule has 0 radical (unpaired) electrons. The monoisotopic (exact) mass is 151 g/mol. The summed E-state index contributed by atoms with van der Waals surface area (Å²) >= 11 is 0. The molecule has 0 amide bonds. The summed E-state index contributed by atoms with van der Waals surface area (Å²) in [6, 6.07) is 0. The number of hydrogen-bond donors (Lipinski definition) is 1. The largest absolute Gasteiger partial charge is 0.399 e. The smallest absolute Gasteiger partial charge is 0.0313 e. The second-order valence-electron chi connectivity index (χ2n) is 3.16. The zero-order chi connectivity index (χ0) is 9.02. The molecule has 0 aliphatic heterocycles. The van der Waals surface area contributed by atoms with Crippen LogP contribution in [0.25, 0.3) is 0 Å². The van der Waals surface area contributed by atoms with Crippen molar-refractivity contribution in [3.63, 3.8) is 0 Å². The van der Waals surface area contributed by atoms with Crippen molar-refractivity contribution in [2.24, 2.45) is 5.73 Å². The molecule has 0 bridgehead atoms. The van der Waals surface area contributed by atoms with Gasteiger partial charge in [-0.25, -0.2) is 0 Å². The van der Waals surface area contributed by atoms with E-state index in [-0.39, 0.29) is 0 Å². The number of hydrogen-bond acceptors (Lipinski definition) is 1. The van der Waals surface area contributed by atoms with Gasteiger partial charge in [0.1, 0.15) is 0 Å². The van der Waals surface area contributed by atoms with Crippen LogP contribution in [0, 0.1) is 0 Å². The van der Waals surface area contributed by atoms with E-state index in [4.69, 9.17) is 5.73 Å². The molecule has 0 fully saturated rings. The second kappa shape index (κ2) is 4.02. The van der Waals surface area contributed by atoms with Crippen molar-refractivity contribution in [2.75, 3.05) is 0 Å². The molecule has 0 unspecified atom stereocenters. The van der Waals surface area contributed by atoms with E-state index in [1.165, 1.54) is 11.1 Å². The minimum Gasteiger partial charge on any atom is -0.399 e. The van der Waals surface area contributed by atoms with Crippen LogP contribution in [0.1, 0.15) is 27.7 Å². The van der Waals surface area contributed by atoms with E-state index in [1.807, 2.05) is 27.7 Å². The maximum Gasteiger partial charge on any atom is 0.0313 e. The van der Waals surface area contributed by atoms with Gasteiger partial charge in [-0.05, 0) is 33.3 Å². The van der Waals surface area contributed by atoms with Gasteiger partial charge in [-0.2, -0.15) is 0 Å². The van der Waals surface area contributed by atoms with Crippen LogP contribution in [0.3, 0.4) is 0 Å². The third-order valence-electron chi connectivity index (χ3n) is 1.32. The van der Waals surface area contributed by atoms with Crippen molar-refractivity contribution in [3.8, 4) is 0 Å². The van der Waals surface area contributed by atoms with E-state index in [0.29, 0.717) is 5.70 Å². The van der Waals surface area contributed by atoms with Gasteiger partial charge in [-0.3, -0.25) is 0 Å². The molecule has 0 aromatic rings. The quantitative estimate of drug-likeness (QED) is 0.603. The fourth-order valence-corrected chi connectivity index (χ4v) is 0.847. The summed E-state index contributed by atoms with van der Waals surface area (Å²) in [5, 5.41) is 0. The van der Waals surface area contributed by atoms with Gasteiger partial charge < -0.3 is 5.73 Å². The molecule has 0 aromatic heterocycles. The Morgan fingerprint density at radius 2 is 1.64 bits per heavy atom. The molecular weight excluding hydrogens is 134 g/mol. The first-order valence-electron chi connectivity index (χ1n) is 3.72. The molecule has 1 nitrogen and oxygen atoms in total. The van der Waals surface area contributed by atoms with E-state index < -0.39 is 0 Å². The van der Waals surface area contributed by atoms with Crippen LogP contribution in [0.5, 0.6) is 0 Å². The Morgan fingerprint density at radius 3 is 1.73 bits per heavy atom. The molecule has 0 saturated heterocycles. The van der Waals surface area contributed by atoms with Crippen LogP contribution >= 0.6 is 0 Å². The summed E-state index contributed by atoms with van der Waals surface area (Å²) in [4.78, 5) is 0. The van der Waals surface area contributed by atoms with Gasteiger partial charge >= 0.3 is 0 Å². The van der Waals surface area contributed by atoms with E-state index in [0.717, 1.165) is 5.57 Å². The predicted molar refractivity (Wildman–Crippen MR) is 51.1 cm³/mol. The lowest BCUT2D eigenvalue weighted by Crippen LogP contribution is -1.98. The van der Waals surface area contributed by atoms with E-state index >= 15 is 0 Å². The standard InChI is InChI=1S/C10H17N/c1-7(2)6-10(8(3)4)9(5)11/h6H,5,11H2,1-4H3. The van der Waals surface area contributed by atoms with Crippen LogP contribution in [-0.4, -0.2) is 0 Å². The van der Waals surface area contributed by atoms with E-state index in [2.05, 4.69) is 12.7 Å². The molecule has 0 saturated carbocycles. The Bertz CT molecular complexity index is 211. The Hall–Kier alpha value is -0.980. The molecule has 11 heavy (non-hydrogen) atoms. The summed E-state index contributed by atoms with van der Waals surface area (Å²) in [7, 11) is 0. The van der Waals surface area contributed by atoms with Gasteiger partial charge in [0, 0.05) is 5.70 Å². The molecule has 0 rings (SSSR count). The third kappa shape index (κ3) is 3.66. The molecule has 62 valence electrons. The first-order valence-corrected chi connectivity index (χ1v) is 3.72. The second-order valence-corrected chi connectivity index (χ2v) is 3.16. The summed E-state index contributed by atoms with van der Waals surface area (Å²) in [6.07, 6.45) is 2.05. The van der Waals surface area contributed by atoms with Crippen LogP contribution < -0.4 is 5.73 Å². The van der Waals surface area contributed by atoms with E-state index in [9.17, 15) is 0 Å². The van der Waals surface area contributed by atoms with Gasteiger partial charge in [-0.1, -0.05) is 23.8 Å². The highest BCUT2D eigenvalue weighted by molar-refractivity contribution is 5.40. The van der Waals surface area contributed by atoms with Gasteiger partial charge in [0.25, 0.3) is 0 Å². The lowest BCUT2D eigenvalue weighted by atomic mass is 10.1. The van der Waals surface area contributed by atoms with Gasteiger partial charge in [0.2, 0.25) is 0 Å². The average molecular weight is 151 g/mol. The first kappa shape index (κ1) is 10.0. The normalized spacial score (nSPS) is 8.73. The Kier molecular flexibility index (Phi) is 3.66. The van der Waals surface area contributed by atoms with Crippen molar-refractivity contribution in [3.05, 3.63) is 35.1 Å². The van der Waals surface area contributed by atoms with Gasteiger partial charge in [-0.15, -0.1) is 0 Å². The molecule has 0 heterocycles. The minimum absolute atomic E-state index is 0.645. The molecule has 2 N–H and O–H groups in total. The number of nitrogens with two attached hydrogens (primary N) is 1. The van der Waals surface area contributed by atoms with Crippen LogP contribution in [-0.2, 0) is 0 Å². The zero-order valence-corrected chi connectivity index (χ0v) is 7.86. The summed E-state index contributed by atoms with van der Waals surface area (Å²) in [5.41, 5.74) is 9.74. The Labute approximate surface area is 69.3 Å². The summed E-state index contributed by atoms with van der Waals surface area (Å²) < 4.78 is 0. The van der Waals surface area contributed by atoms with Crippen LogP contribution in [0.15, 0.2) is 35.1 Å². The lowest BCUT2D eigenvalue weighted by Gasteiger charge is -2.04. The molecule has 0 aliphatic rings. The molecule has 0 spiro atoms. The molecular formula is C10H17N.